The van der Waals surface area contributed by atoms with E-state index in [1.54, 1.807) is 6.33 Å². The van der Waals surface area contributed by atoms with Crippen LogP contribution in [-0.4, -0.2) is 68.4 Å². The summed E-state index contributed by atoms with van der Waals surface area (Å²) in [6.45, 7) is 11.3. The number of aromatic nitrogens is 3. The van der Waals surface area contributed by atoms with Gasteiger partial charge in [0.25, 0.3) is 12.3 Å². The summed E-state index contributed by atoms with van der Waals surface area (Å²) in [4.78, 5) is 41.2. The Bertz CT molecular complexity index is 2130. The Morgan fingerprint density at radius 3 is 2.36 bits per heavy atom. The summed E-state index contributed by atoms with van der Waals surface area (Å²) in [5.74, 6) is -3.17. The lowest BCUT2D eigenvalue weighted by molar-refractivity contribution is -0.123. The van der Waals surface area contributed by atoms with E-state index >= 15 is 8.78 Å². The first-order chi connectivity index (χ1) is 25.2. The fourth-order valence-electron chi connectivity index (χ4n) is 8.34. The van der Waals surface area contributed by atoms with Crippen LogP contribution in [0.5, 0.6) is 0 Å². The molecule has 4 aliphatic rings. The Morgan fingerprint density at radius 2 is 1.70 bits per heavy atom. The predicted molar refractivity (Wildman–Crippen MR) is 196 cm³/mol. The zero-order valence-corrected chi connectivity index (χ0v) is 30.7. The molecule has 2 aliphatic carbocycles. The van der Waals surface area contributed by atoms with Crippen LogP contribution in [-0.2, 0) is 10.2 Å². The summed E-state index contributed by atoms with van der Waals surface area (Å²) < 4.78 is 60.2. The van der Waals surface area contributed by atoms with Crippen molar-refractivity contribution in [3.63, 3.8) is 0 Å². The van der Waals surface area contributed by atoms with E-state index in [2.05, 4.69) is 20.5 Å². The minimum Gasteiger partial charge on any atom is -0.341 e. The van der Waals surface area contributed by atoms with Gasteiger partial charge in [0.2, 0.25) is 5.91 Å². The van der Waals surface area contributed by atoms with E-state index in [0.29, 0.717) is 28.3 Å². The van der Waals surface area contributed by atoms with Crippen molar-refractivity contribution in [2.45, 2.75) is 115 Å². The molecule has 2 N–H and O–H groups in total. The van der Waals surface area contributed by atoms with Crippen molar-refractivity contribution in [2.75, 3.05) is 23.3 Å². The van der Waals surface area contributed by atoms with Crippen LogP contribution in [0.4, 0.5) is 34.8 Å². The number of benzene rings is 2. The van der Waals surface area contributed by atoms with E-state index in [1.165, 1.54) is 26.2 Å². The molecule has 13 heteroatoms. The van der Waals surface area contributed by atoms with Crippen molar-refractivity contribution >= 4 is 40.0 Å². The predicted octanol–water partition coefficient (Wildman–Crippen LogP) is 8.18. The van der Waals surface area contributed by atoms with Gasteiger partial charge in [-0.1, -0.05) is 18.6 Å². The van der Waals surface area contributed by atoms with Gasteiger partial charge in [0.1, 0.15) is 11.1 Å². The SMILES string of the molecule is Cc1c(C(=O)NC2(C(F)F)CC2)cc(Nc2nc(-c3ccc4c(c3)N([C@H]3C[C@@H](N5CCCCC5)C3)C(=O)C4(C)C)cc3ncn(C(C)C)c23)c(F)c1F. The number of imidazole rings is 1. The number of carbonyl (C=O) groups is 2. The quantitative estimate of drug-likeness (QED) is 0.169. The van der Waals surface area contributed by atoms with Crippen LogP contribution < -0.4 is 15.5 Å². The number of fused-ring (bicyclic) bond motifs is 2. The normalized spacial score (nSPS) is 22.0. The maximum atomic E-state index is 15.7. The van der Waals surface area contributed by atoms with Gasteiger partial charge in [-0.15, -0.1) is 0 Å². The maximum absolute atomic E-state index is 15.7. The second-order valence-corrected chi connectivity index (χ2v) is 16.1. The summed E-state index contributed by atoms with van der Waals surface area (Å²) in [6.07, 6.45) is 4.64. The molecule has 0 atom stereocenters. The van der Waals surface area contributed by atoms with Crippen molar-refractivity contribution in [1.82, 2.24) is 24.8 Å². The molecule has 2 aromatic heterocycles. The number of carbonyl (C=O) groups excluding carboxylic acids is 2. The first kappa shape index (κ1) is 35.5. The second kappa shape index (κ2) is 12.8. The van der Waals surface area contributed by atoms with E-state index < -0.39 is 34.9 Å². The van der Waals surface area contributed by atoms with E-state index in [-0.39, 0.29) is 53.5 Å². The first-order valence-corrected chi connectivity index (χ1v) is 18.7. The lowest BCUT2D eigenvalue weighted by Crippen LogP contribution is -2.57. The smallest absolute Gasteiger partial charge is 0.261 e. The number of nitrogens with one attached hydrogen (secondary N) is 2. The number of likely N-dealkylation sites (tertiary alicyclic amines) is 1. The highest BCUT2D eigenvalue weighted by atomic mass is 19.3. The van der Waals surface area contributed by atoms with Gasteiger partial charge in [-0.2, -0.15) is 0 Å². The molecular weight excluding hydrogens is 686 g/mol. The molecule has 2 amide bonds. The van der Waals surface area contributed by atoms with Gasteiger partial charge in [-0.3, -0.25) is 9.59 Å². The molecule has 4 aromatic rings. The number of anilines is 3. The number of nitrogens with zero attached hydrogens (tertiary/aromatic N) is 5. The van der Waals surface area contributed by atoms with Crippen LogP contribution in [0.15, 0.2) is 36.7 Å². The van der Waals surface area contributed by atoms with Crippen molar-refractivity contribution in [3.8, 4) is 11.3 Å². The molecule has 280 valence electrons. The molecule has 0 bridgehead atoms. The van der Waals surface area contributed by atoms with Crippen molar-refractivity contribution in [1.29, 1.82) is 0 Å². The number of hydrogen-bond acceptors (Lipinski definition) is 6. The molecule has 4 heterocycles. The Balaban J connectivity index is 1.17. The molecule has 0 spiro atoms. The highest BCUT2D eigenvalue weighted by molar-refractivity contribution is 6.09. The third-order valence-corrected chi connectivity index (χ3v) is 12.0. The van der Waals surface area contributed by atoms with Gasteiger partial charge < -0.3 is 25.0 Å². The average molecular weight is 732 g/mol. The Labute approximate surface area is 306 Å². The van der Waals surface area contributed by atoms with E-state index in [1.807, 2.05) is 61.4 Å². The number of hydrogen-bond donors (Lipinski definition) is 2. The molecule has 8 rings (SSSR count). The van der Waals surface area contributed by atoms with Crippen molar-refractivity contribution in [3.05, 3.63) is 65.0 Å². The molecule has 2 saturated carbocycles. The highest BCUT2D eigenvalue weighted by Gasteiger charge is 2.53. The average Bonchev–Trinajstić information content (AvgIpc) is 3.72. The fourth-order valence-corrected chi connectivity index (χ4v) is 8.34. The van der Waals surface area contributed by atoms with E-state index in [4.69, 9.17) is 4.98 Å². The van der Waals surface area contributed by atoms with Crippen LogP contribution >= 0.6 is 0 Å². The largest absolute Gasteiger partial charge is 0.341 e. The molecule has 2 aliphatic heterocycles. The number of pyridine rings is 1. The third kappa shape index (κ3) is 5.86. The highest BCUT2D eigenvalue weighted by Crippen LogP contribution is 2.48. The zero-order chi connectivity index (χ0) is 37.6. The van der Waals surface area contributed by atoms with Crippen LogP contribution in [0.2, 0.25) is 0 Å². The first-order valence-electron chi connectivity index (χ1n) is 18.7. The summed E-state index contributed by atoms with van der Waals surface area (Å²) in [5.41, 5.74) is 0.799. The van der Waals surface area contributed by atoms with Gasteiger partial charge in [0, 0.05) is 40.5 Å². The zero-order valence-electron chi connectivity index (χ0n) is 30.7. The monoisotopic (exact) mass is 731 g/mol. The number of rotatable bonds is 9. The fraction of sp³-hybridized carbons (Fsp3) is 0.500. The third-order valence-electron chi connectivity index (χ3n) is 12.0. The Morgan fingerprint density at radius 1 is 0.981 bits per heavy atom. The topological polar surface area (TPSA) is 95.4 Å². The van der Waals surface area contributed by atoms with Gasteiger partial charge in [0.15, 0.2) is 17.5 Å². The van der Waals surface area contributed by atoms with Gasteiger partial charge >= 0.3 is 0 Å². The molecule has 1 saturated heterocycles. The van der Waals surface area contributed by atoms with Crippen LogP contribution in [0.3, 0.4) is 0 Å². The maximum Gasteiger partial charge on any atom is 0.261 e. The number of halogens is 4. The summed E-state index contributed by atoms with van der Waals surface area (Å²) in [6, 6.07) is 9.34. The number of alkyl halides is 2. The summed E-state index contributed by atoms with van der Waals surface area (Å²) >= 11 is 0. The van der Waals surface area contributed by atoms with Gasteiger partial charge in [0.05, 0.1) is 28.6 Å². The Hall–Kier alpha value is -4.52. The lowest BCUT2D eigenvalue weighted by atomic mass is 9.82. The van der Waals surface area contributed by atoms with Crippen LogP contribution in [0.25, 0.3) is 22.3 Å². The molecule has 0 unspecified atom stereocenters. The van der Waals surface area contributed by atoms with E-state index in [0.717, 1.165) is 43.2 Å². The van der Waals surface area contributed by atoms with Crippen LogP contribution in [0, 0.1) is 18.6 Å². The van der Waals surface area contributed by atoms with Gasteiger partial charge in [-0.25, -0.2) is 27.5 Å². The van der Waals surface area contributed by atoms with Crippen LogP contribution in [0.1, 0.15) is 100 Å². The minimum atomic E-state index is -2.79. The molecule has 53 heavy (non-hydrogen) atoms. The summed E-state index contributed by atoms with van der Waals surface area (Å²) in [5, 5.41) is 5.28. The number of amides is 2. The van der Waals surface area contributed by atoms with Crippen molar-refractivity contribution in [2.24, 2.45) is 0 Å². The van der Waals surface area contributed by atoms with E-state index in [9.17, 15) is 18.4 Å². The van der Waals surface area contributed by atoms with Gasteiger partial charge in [-0.05, 0) is 110 Å². The second-order valence-electron chi connectivity index (χ2n) is 16.1. The molecule has 9 nitrogen and oxygen atoms in total. The molecular formula is C40H45F4N7O2. The number of piperidine rings is 1. The Kier molecular flexibility index (Phi) is 8.58. The van der Waals surface area contributed by atoms with Crippen molar-refractivity contribution < 1.29 is 27.2 Å². The minimum absolute atomic E-state index is 0.0729. The molecule has 0 radical (unpaired) electrons. The lowest BCUT2D eigenvalue weighted by Gasteiger charge is -2.48. The molecule has 3 fully saturated rings. The summed E-state index contributed by atoms with van der Waals surface area (Å²) in [7, 11) is 0. The molecule has 2 aromatic carbocycles. The standard InChI is InChI=1S/C40H45F4N7O2/c1-21(2)50-20-45-30-19-28(23-9-10-27-31(15-23)51(38(53)39(27,4)5)25-16-24(17-25)49-13-7-6-8-14-49)46-35(34(30)50)47-29-18-26(22(3)32(41)33(29)42)36(52)48-40(11-12-40)37(43)44/h9-10,15,18-21,24-25,37H,6-8,11-14,16-17H2,1-5H3,(H,46,47)(H,48,52)/t24-,25+.